The van der Waals surface area contributed by atoms with Crippen LogP contribution in [0.15, 0.2) is 48.5 Å². The van der Waals surface area contributed by atoms with E-state index in [9.17, 15) is 14.4 Å². The lowest BCUT2D eigenvalue weighted by Crippen LogP contribution is -2.34. The van der Waals surface area contributed by atoms with Gasteiger partial charge in [0.2, 0.25) is 0 Å². The molecule has 142 valence electrons. The number of benzene rings is 2. The van der Waals surface area contributed by atoms with Crippen LogP contribution in [-0.2, 0) is 20.9 Å². The number of nitrogens with one attached hydrogen (secondary N) is 1. The van der Waals surface area contributed by atoms with Crippen LogP contribution >= 0.6 is 0 Å². The molecule has 0 atom stereocenters. The molecule has 2 aromatic carbocycles. The van der Waals surface area contributed by atoms with Crippen LogP contribution in [0.1, 0.15) is 33.2 Å². The minimum Gasteiger partial charge on any atom is -0.496 e. The number of amides is 2. The van der Waals surface area contributed by atoms with Crippen molar-refractivity contribution in [3.05, 3.63) is 65.2 Å². The Morgan fingerprint density at radius 1 is 1.00 bits per heavy atom. The summed E-state index contributed by atoms with van der Waals surface area (Å²) in [5, 5.41) is 2.17. The highest BCUT2D eigenvalue weighted by molar-refractivity contribution is 6.05. The van der Waals surface area contributed by atoms with Gasteiger partial charge in [-0.15, -0.1) is 0 Å². The lowest BCUT2D eigenvalue weighted by atomic mass is 10.1. The summed E-state index contributed by atoms with van der Waals surface area (Å²) in [6.07, 6.45) is 0. The Kier molecular flexibility index (Phi) is 7.51. The number of carbonyl (C=O) groups excluding carboxylic acids is 3. The molecule has 2 amide bonds. The highest BCUT2D eigenvalue weighted by Gasteiger charge is 2.15. The van der Waals surface area contributed by atoms with Gasteiger partial charge >= 0.3 is 5.97 Å². The minimum atomic E-state index is -0.708. The van der Waals surface area contributed by atoms with E-state index in [1.807, 2.05) is 6.92 Å². The first-order valence-corrected chi connectivity index (χ1v) is 8.36. The van der Waals surface area contributed by atoms with E-state index in [1.54, 1.807) is 42.5 Å². The molecule has 7 nitrogen and oxygen atoms in total. The van der Waals surface area contributed by atoms with Gasteiger partial charge in [0.1, 0.15) is 5.75 Å². The molecule has 0 saturated heterocycles. The normalized spacial score (nSPS) is 10.1. The van der Waals surface area contributed by atoms with Crippen molar-refractivity contribution in [3.63, 3.8) is 0 Å². The molecule has 0 unspecified atom stereocenters. The summed E-state index contributed by atoms with van der Waals surface area (Å²) < 4.78 is 15.5. The predicted octanol–water partition coefficient (Wildman–Crippen LogP) is 2.35. The van der Waals surface area contributed by atoms with Crippen LogP contribution in [0.2, 0.25) is 0 Å². The maximum absolute atomic E-state index is 12.2. The molecule has 1 N–H and O–H groups in total. The maximum Gasteiger partial charge on any atom is 0.338 e. The van der Waals surface area contributed by atoms with Gasteiger partial charge in [-0.2, -0.15) is 0 Å². The van der Waals surface area contributed by atoms with Gasteiger partial charge in [0, 0.05) is 17.7 Å². The summed E-state index contributed by atoms with van der Waals surface area (Å²) in [6.45, 7) is 2.10. The molecule has 7 heteroatoms. The molecule has 0 radical (unpaired) electrons. The minimum absolute atomic E-state index is 0.257. The van der Waals surface area contributed by atoms with Crippen molar-refractivity contribution in [3.8, 4) is 5.75 Å². The zero-order chi connectivity index (χ0) is 19.6. The van der Waals surface area contributed by atoms with E-state index in [-0.39, 0.29) is 12.2 Å². The topological polar surface area (TPSA) is 90.9 Å². The molecule has 2 rings (SSSR count). The van der Waals surface area contributed by atoms with E-state index in [4.69, 9.17) is 14.2 Å². The van der Waals surface area contributed by atoms with Crippen LogP contribution in [0.25, 0.3) is 0 Å². The molecule has 0 aliphatic rings. The van der Waals surface area contributed by atoms with Gasteiger partial charge < -0.3 is 14.2 Å². The molecule has 0 aliphatic carbocycles. The maximum atomic E-state index is 12.2. The molecule has 27 heavy (non-hydrogen) atoms. The van der Waals surface area contributed by atoms with Gasteiger partial charge in [-0.25, -0.2) is 4.79 Å². The Morgan fingerprint density at radius 3 is 2.41 bits per heavy atom. The fourth-order valence-electron chi connectivity index (χ4n) is 2.27. The fourth-order valence-corrected chi connectivity index (χ4v) is 2.27. The zero-order valence-electron chi connectivity index (χ0n) is 15.2. The molecule has 2 aromatic rings. The molecule has 0 fully saturated rings. The van der Waals surface area contributed by atoms with Crippen LogP contribution in [-0.4, -0.2) is 38.1 Å². The van der Waals surface area contributed by atoms with Crippen molar-refractivity contribution >= 4 is 17.8 Å². The Bertz CT molecular complexity index is 803. The van der Waals surface area contributed by atoms with Crippen molar-refractivity contribution in [1.29, 1.82) is 0 Å². The van der Waals surface area contributed by atoms with E-state index in [1.165, 1.54) is 13.2 Å². The summed E-state index contributed by atoms with van der Waals surface area (Å²) >= 11 is 0. The number of hydrogen-bond donors (Lipinski definition) is 1. The number of methoxy groups -OCH3 is 1. The smallest absolute Gasteiger partial charge is 0.338 e. The first kappa shape index (κ1) is 20.1. The number of esters is 1. The third-order valence-electron chi connectivity index (χ3n) is 3.60. The average molecular weight is 371 g/mol. The van der Waals surface area contributed by atoms with Crippen molar-refractivity contribution < 1.29 is 28.6 Å². The van der Waals surface area contributed by atoms with Crippen molar-refractivity contribution in [1.82, 2.24) is 5.32 Å². The van der Waals surface area contributed by atoms with E-state index in [0.29, 0.717) is 23.5 Å². The zero-order valence-corrected chi connectivity index (χ0v) is 15.2. The molecule has 0 aliphatic heterocycles. The molecule has 0 bridgehead atoms. The predicted molar refractivity (Wildman–Crippen MR) is 97.5 cm³/mol. The average Bonchev–Trinajstić information content (AvgIpc) is 2.70. The van der Waals surface area contributed by atoms with Crippen LogP contribution < -0.4 is 10.1 Å². The highest BCUT2D eigenvalue weighted by Crippen LogP contribution is 2.21. The molecule has 0 aromatic heterocycles. The SMILES string of the molecule is CCOCc1cc(C(=O)OCC(=O)NC(=O)c2ccccc2)ccc1OC. The first-order valence-electron chi connectivity index (χ1n) is 8.36. The Labute approximate surface area is 157 Å². The van der Waals surface area contributed by atoms with Crippen molar-refractivity contribution in [2.75, 3.05) is 20.3 Å². The second kappa shape index (κ2) is 10.1. The van der Waals surface area contributed by atoms with E-state index in [2.05, 4.69) is 5.32 Å². The number of rotatable bonds is 8. The molecular weight excluding hydrogens is 350 g/mol. The summed E-state index contributed by atoms with van der Waals surface area (Å²) in [7, 11) is 1.52. The van der Waals surface area contributed by atoms with Gasteiger partial charge in [0.05, 0.1) is 19.3 Å². The van der Waals surface area contributed by atoms with Gasteiger partial charge in [-0.3, -0.25) is 14.9 Å². The monoisotopic (exact) mass is 371 g/mol. The van der Waals surface area contributed by atoms with Crippen LogP contribution in [0.4, 0.5) is 0 Å². The summed E-state index contributed by atoms with van der Waals surface area (Å²) in [5.74, 6) is -1.36. The second-order valence-electron chi connectivity index (χ2n) is 5.48. The third kappa shape index (κ3) is 5.93. The van der Waals surface area contributed by atoms with Gasteiger partial charge in [-0.05, 0) is 37.3 Å². The van der Waals surface area contributed by atoms with Gasteiger partial charge in [-0.1, -0.05) is 18.2 Å². The fraction of sp³-hybridized carbons (Fsp3) is 0.250. The number of ether oxygens (including phenoxy) is 3. The molecule has 0 saturated carbocycles. The molecule has 0 spiro atoms. The third-order valence-corrected chi connectivity index (χ3v) is 3.60. The second-order valence-corrected chi connectivity index (χ2v) is 5.48. The Balaban J connectivity index is 1.93. The number of imide groups is 1. The Morgan fingerprint density at radius 2 is 1.74 bits per heavy atom. The lowest BCUT2D eigenvalue weighted by Gasteiger charge is -2.11. The number of carbonyl (C=O) groups is 3. The Hall–Kier alpha value is -3.19. The summed E-state index contributed by atoms with van der Waals surface area (Å²) in [4.78, 5) is 35.9. The van der Waals surface area contributed by atoms with Crippen molar-refractivity contribution in [2.45, 2.75) is 13.5 Å². The largest absolute Gasteiger partial charge is 0.496 e. The van der Waals surface area contributed by atoms with Crippen LogP contribution in [0.3, 0.4) is 0 Å². The van der Waals surface area contributed by atoms with Crippen LogP contribution in [0.5, 0.6) is 5.75 Å². The quantitative estimate of drug-likeness (QED) is 0.716. The highest BCUT2D eigenvalue weighted by atomic mass is 16.5. The van der Waals surface area contributed by atoms with Gasteiger partial charge in [0.15, 0.2) is 6.61 Å². The lowest BCUT2D eigenvalue weighted by molar-refractivity contribution is -0.123. The summed E-state index contributed by atoms with van der Waals surface area (Å²) in [5.41, 5.74) is 1.29. The van der Waals surface area contributed by atoms with Crippen molar-refractivity contribution in [2.24, 2.45) is 0 Å². The standard InChI is InChI=1S/C20H21NO6/c1-3-26-12-16-11-15(9-10-17(16)25-2)20(24)27-13-18(22)21-19(23)14-7-5-4-6-8-14/h4-11H,3,12-13H2,1-2H3,(H,21,22,23). The summed E-state index contributed by atoms with van der Waals surface area (Å²) in [6, 6.07) is 13.0. The molecular formula is C20H21NO6. The van der Waals surface area contributed by atoms with Gasteiger partial charge in [0.25, 0.3) is 11.8 Å². The van der Waals surface area contributed by atoms with E-state index in [0.717, 1.165) is 0 Å². The van der Waals surface area contributed by atoms with E-state index < -0.39 is 24.4 Å². The first-order chi connectivity index (χ1) is 13.0. The number of hydrogen-bond acceptors (Lipinski definition) is 6. The van der Waals surface area contributed by atoms with Crippen LogP contribution in [0, 0.1) is 0 Å². The molecule has 0 heterocycles. The van der Waals surface area contributed by atoms with E-state index >= 15 is 0 Å².